The van der Waals surface area contributed by atoms with E-state index in [1.807, 2.05) is 32.2 Å². The van der Waals surface area contributed by atoms with Gasteiger partial charge in [-0.05, 0) is 30.7 Å². The Morgan fingerprint density at radius 2 is 2.00 bits per heavy atom. The highest BCUT2D eigenvalue weighted by atomic mass is 32.2. The SMILES string of the molecule is CSc1ccccc1C(=O)OCC(=O)N(CC(C)C)[C@H]1CCS(=O)(=O)C1. The fourth-order valence-electron chi connectivity index (χ4n) is 2.97. The molecular formula is C18H25NO5S2. The van der Waals surface area contributed by atoms with E-state index in [1.165, 1.54) is 11.8 Å². The van der Waals surface area contributed by atoms with Crippen LogP contribution in [0.25, 0.3) is 0 Å². The zero-order valence-electron chi connectivity index (χ0n) is 15.3. The molecule has 0 N–H and O–H groups in total. The van der Waals surface area contributed by atoms with Gasteiger partial charge in [0.05, 0.1) is 17.1 Å². The van der Waals surface area contributed by atoms with Gasteiger partial charge in [-0.2, -0.15) is 0 Å². The second-order valence-corrected chi connectivity index (χ2v) is 9.85. The third-order valence-electron chi connectivity index (χ3n) is 4.18. The molecule has 1 atom stereocenters. The van der Waals surface area contributed by atoms with Crippen molar-refractivity contribution in [3.63, 3.8) is 0 Å². The van der Waals surface area contributed by atoms with E-state index in [0.717, 1.165) is 4.90 Å². The largest absolute Gasteiger partial charge is 0.452 e. The predicted molar refractivity (Wildman–Crippen MR) is 102 cm³/mol. The molecule has 8 heteroatoms. The number of sulfone groups is 1. The Balaban J connectivity index is 2.04. The monoisotopic (exact) mass is 399 g/mol. The number of benzene rings is 1. The molecule has 1 aliphatic rings. The molecule has 144 valence electrons. The number of rotatable bonds is 7. The molecule has 2 rings (SSSR count). The van der Waals surface area contributed by atoms with Crippen molar-refractivity contribution < 1.29 is 22.7 Å². The van der Waals surface area contributed by atoms with Crippen molar-refractivity contribution in [3.8, 4) is 0 Å². The first-order chi connectivity index (χ1) is 12.2. The number of carbonyl (C=O) groups excluding carboxylic acids is 2. The third-order valence-corrected chi connectivity index (χ3v) is 6.73. The molecule has 1 saturated heterocycles. The van der Waals surface area contributed by atoms with Crippen molar-refractivity contribution in [1.29, 1.82) is 0 Å². The zero-order valence-corrected chi connectivity index (χ0v) is 16.9. The summed E-state index contributed by atoms with van der Waals surface area (Å²) in [6, 6.07) is 6.71. The van der Waals surface area contributed by atoms with Crippen LogP contribution < -0.4 is 0 Å². The smallest absolute Gasteiger partial charge is 0.339 e. The summed E-state index contributed by atoms with van der Waals surface area (Å²) in [7, 11) is -3.10. The quantitative estimate of drug-likeness (QED) is 0.517. The predicted octanol–water partition coefficient (Wildman–Crippen LogP) is 2.24. The van der Waals surface area contributed by atoms with Crippen molar-refractivity contribution in [1.82, 2.24) is 4.90 Å². The molecule has 0 aromatic heterocycles. The van der Waals surface area contributed by atoms with Crippen LogP contribution in [-0.2, 0) is 19.4 Å². The molecule has 0 spiro atoms. The lowest BCUT2D eigenvalue weighted by atomic mass is 10.1. The van der Waals surface area contributed by atoms with Crippen LogP contribution in [0.5, 0.6) is 0 Å². The molecule has 1 aromatic carbocycles. The van der Waals surface area contributed by atoms with Crippen molar-refractivity contribution >= 4 is 33.5 Å². The number of thioether (sulfide) groups is 1. The van der Waals surface area contributed by atoms with Crippen molar-refractivity contribution in [2.75, 3.05) is 30.9 Å². The molecule has 0 unspecified atom stereocenters. The average molecular weight is 400 g/mol. The van der Waals surface area contributed by atoms with E-state index in [1.54, 1.807) is 17.0 Å². The number of hydrogen-bond donors (Lipinski definition) is 0. The van der Waals surface area contributed by atoms with Crippen LogP contribution in [-0.4, -0.2) is 62.1 Å². The summed E-state index contributed by atoms with van der Waals surface area (Å²) in [4.78, 5) is 27.3. The molecule has 0 bridgehead atoms. The molecule has 0 saturated carbocycles. The molecule has 1 aliphatic heterocycles. The highest BCUT2D eigenvalue weighted by molar-refractivity contribution is 7.98. The number of amides is 1. The summed E-state index contributed by atoms with van der Waals surface area (Å²) in [5.74, 6) is -0.632. The first-order valence-electron chi connectivity index (χ1n) is 8.53. The van der Waals surface area contributed by atoms with Gasteiger partial charge in [-0.25, -0.2) is 13.2 Å². The molecular weight excluding hydrogens is 374 g/mol. The van der Waals surface area contributed by atoms with Gasteiger partial charge in [0, 0.05) is 17.5 Å². The number of carbonyl (C=O) groups is 2. The van der Waals surface area contributed by atoms with Gasteiger partial charge >= 0.3 is 5.97 Å². The Morgan fingerprint density at radius 3 is 2.58 bits per heavy atom. The average Bonchev–Trinajstić information content (AvgIpc) is 2.96. The second-order valence-electron chi connectivity index (χ2n) is 6.77. The van der Waals surface area contributed by atoms with Crippen LogP contribution in [0.4, 0.5) is 0 Å². The van der Waals surface area contributed by atoms with E-state index in [0.29, 0.717) is 18.5 Å². The van der Waals surface area contributed by atoms with Crippen LogP contribution in [0.15, 0.2) is 29.2 Å². The summed E-state index contributed by atoms with van der Waals surface area (Å²) in [6.45, 7) is 3.98. The first kappa shape index (κ1) is 20.8. The van der Waals surface area contributed by atoms with E-state index in [9.17, 15) is 18.0 Å². The summed E-state index contributed by atoms with van der Waals surface area (Å²) < 4.78 is 28.7. The molecule has 6 nitrogen and oxygen atoms in total. The fraction of sp³-hybridized carbons (Fsp3) is 0.556. The summed E-state index contributed by atoms with van der Waals surface area (Å²) in [5, 5.41) is 0. The lowest BCUT2D eigenvalue weighted by Crippen LogP contribution is -2.45. The minimum absolute atomic E-state index is 0.0191. The van der Waals surface area contributed by atoms with Crippen molar-refractivity contribution in [3.05, 3.63) is 29.8 Å². The highest BCUT2D eigenvalue weighted by Crippen LogP contribution is 2.22. The Kier molecular flexibility index (Phi) is 7.11. The van der Waals surface area contributed by atoms with Gasteiger partial charge in [0.15, 0.2) is 16.4 Å². The molecule has 26 heavy (non-hydrogen) atoms. The van der Waals surface area contributed by atoms with E-state index >= 15 is 0 Å². The number of ether oxygens (including phenoxy) is 1. The van der Waals surface area contributed by atoms with Gasteiger partial charge in [0.1, 0.15) is 0 Å². The summed E-state index contributed by atoms with van der Waals surface area (Å²) in [5.41, 5.74) is 0.423. The molecule has 1 amide bonds. The van der Waals surface area contributed by atoms with Gasteiger partial charge in [-0.3, -0.25) is 4.79 Å². The summed E-state index contributed by atoms with van der Waals surface area (Å²) in [6.07, 6.45) is 2.30. The maximum absolute atomic E-state index is 12.6. The number of hydrogen-bond acceptors (Lipinski definition) is 6. The molecule has 1 aromatic rings. The van der Waals surface area contributed by atoms with Gasteiger partial charge in [-0.15, -0.1) is 11.8 Å². The molecule has 1 heterocycles. The standard InChI is InChI=1S/C18H25NO5S2/c1-13(2)10-19(14-8-9-26(22,23)12-14)17(20)11-24-18(21)15-6-4-5-7-16(15)25-3/h4-7,13-14H,8-12H2,1-3H3/t14-/m0/s1. The molecule has 0 aliphatic carbocycles. The number of esters is 1. The second kappa shape index (κ2) is 8.90. The Morgan fingerprint density at radius 1 is 1.31 bits per heavy atom. The van der Waals surface area contributed by atoms with Crippen LogP contribution in [0.2, 0.25) is 0 Å². The van der Waals surface area contributed by atoms with E-state index in [4.69, 9.17) is 4.74 Å². The van der Waals surface area contributed by atoms with E-state index in [-0.39, 0.29) is 36.0 Å². The van der Waals surface area contributed by atoms with Crippen molar-refractivity contribution in [2.45, 2.75) is 31.2 Å². The Labute approximate surface area is 159 Å². The lowest BCUT2D eigenvalue weighted by molar-refractivity contribution is -0.137. The molecule has 0 radical (unpaired) electrons. The van der Waals surface area contributed by atoms with E-state index < -0.39 is 15.8 Å². The Hall–Kier alpha value is -1.54. The lowest BCUT2D eigenvalue weighted by Gasteiger charge is -2.29. The van der Waals surface area contributed by atoms with Gasteiger partial charge in [0.25, 0.3) is 5.91 Å². The minimum atomic E-state index is -3.10. The summed E-state index contributed by atoms with van der Waals surface area (Å²) >= 11 is 1.43. The maximum atomic E-state index is 12.6. The topological polar surface area (TPSA) is 80.8 Å². The fourth-order valence-corrected chi connectivity index (χ4v) is 5.29. The first-order valence-corrected chi connectivity index (χ1v) is 11.6. The van der Waals surface area contributed by atoms with Gasteiger partial charge in [0.2, 0.25) is 0 Å². The van der Waals surface area contributed by atoms with Crippen LogP contribution in [0, 0.1) is 5.92 Å². The normalized spacial score (nSPS) is 18.7. The maximum Gasteiger partial charge on any atom is 0.339 e. The third kappa shape index (κ3) is 5.48. The van der Waals surface area contributed by atoms with Crippen molar-refractivity contribution in [2.24, 2.45) is 5.92 Å². The van der Waals surface area contributed by atoms with Crippen LogP contribution in [0.1, 0.15) is 30.6 Å². The van der Waals surface area contributed by atoms with Crippen LogP contribution in [0.3, 0.4) is 0 Å². The van der Waals surface area contributed by atoms with Crippen LogP contribution >= 0.6 is 11.8 Å². The van der Waals surface area contributed by atoms with E-state index in [2.05, 4.69) is 0 Å². The van der Waals surface area contributed by atoms with Gasteiger partial charge in [-0.1, -0.05) is 26.0 Å². The zero-order chi connectivity index (χ0) is 19.3. The number of nitrogens with zero attached hydrogens (tertiary/aromatic N) is 1. The van der Waals surface area contributed by atoms with Gasteiger partial charge < -0.3 is 9.64 Å². The minimum Gasteiger partial charge on any atom is -0.452 e. The highest BCUT2D eigenvalue weighted by Gasteiger charge is 2.35. The Bertz CT molecular complexity index is 761. The molecule has 1 fully saturated rings.